The second-order valence-electron chi connectivity index (χ2n) is 11.0. The van der Waals surface area contributed by atoms with Crippen LogP contribution < -0.4 is 19.1 Å². The van der Waals surface area contributed by atoms with Crippen molar-refractivity contribution in [2.24, 2.45) is 0 Å². The van der Waals surface area contributed by atoms with Gasteiger partial charge in [-0.1, -0.05) is 54.6 Å². The molecule has 0 fully saturated rings. The molecule has 0 aliphatic carbocycles. The van der Waals surface area contributed by atoms with Crippen LogP contribution in [0.15, 0.2) is 114 Å². The summed E-state index contributed by atoms with van der Waals surface area (Å²) in [5, 5.41) is 0. The fourth-order valence-corrected chi connectivity index (χ4v) is 6.41. The van der Waals surface area contributed by atoms with Crippen LogP contribution in [0.25, 0.3) is 0 Å². The Morgan fingerprint density at radius 2 is 1.46 bits per heavy atom. The topological polar surface area (TPSA) is 111 Å². The molecule has 0 radical (unpaired) electrons. The van der Waals surface area contributed by atoms with Gasteiger partial charge >= 0.3 is 0 Å². The van der Waals surface area contributed by atoms with Crippen LogP contribution in [0.2, 0.25) is 0 Å². The first-order chi connectivity index (χ1) is 22.4. The van der Waals surface area contributed by atoms with E-state index in [0.717, 1.165) is 37.2 Å². The van der Waals surface area contributed by atoms with Gasteiger partial charge < -0.3 is 14.4 Å². The number of hydrogen-bond donors (Lipinski definition) is 1. The highest BCUT2D eigenvalue weighted by Crippen LogP contribution is 2.24. The van der Waals surface area contributed by atoms with Crippen LogP contribution in [0.5, 0.6) is 17.2 Å². The number of aromatic nitrogens is 2. The second-order valence-corrected chi connectivity index (χ2v) is 12.6. The standard InChI is InChI=1S/C36H34N4O5S/c1-44-31-13-7-8-26(24-31)14-19-34-33(25-37-36(38-34)40-22-20-27-9-5-6-10-28(27)21-23-40)35(41)39-46(42,43)32-17-15-30(16-18-32)45-29-11-3-2-4-12-29/h2-13,15-18,24-25H,14,19-23H2,1H3,(H,39,41). The number of sulfonamides is 1. The highest BCUT2D eigenvalue weighted by molar-refractivity contribution is 7.90. The van der Waals surface area contributed by atoms with Crippen LogP contribution in [0, 0.1) is 0 Å². The molecule has 5 aromatic rings. The van der Waals surface area contributed by atoms with Crippen LogP contribution >= 0.6 is 0 Å². The summed E-state index contributed by atoms with van der Waals surface area (Å²) in [5.41, 5.74) is 4.20. The predicted octanol–water partition coefficient (Wildman–Crippen LogP) is 5.79. The van der Waals surface area contributed by atoms with Crippen molar-refractivity contribution in [3.05, 3.63) is 137 Å². The second kappa shape index (κ2) is 13.8. The zero-order valence-electron chi connectivity index (χ0n) is 25.4. The molecule has 0 saturated heterocycles. The molecule has 46 heavy (non-hydrogen) atoms. The first kappa shape index (κ1) is 30.8. The van der Waals surface area contributed by atoms with Gasteiger partial charge in [0.1, 0.15) is 17.2 Å². The van der Waals surface area contributed by atoms with Crippen LogP contribution in [-0.4, -0.2) is 44.5 Å². The first-order valence-electron chi connectivity index (χ1n) is 15.1. The Hall–Kier alpha value is -5.22. The van der Waals surface area contributed by atoms with Gasteiger partial charge in [0.05, 0.1) is 23.3 Å². The number of anilines is 1. The lowest BCUT2D eigenvalue weighted by Crippen LogP contribution is -2.33. The molecule has 0 saturated carbocycles. The van der Waals surface area contributed by atoms with Crippen molar-refractivity contribution >= 4 is 21.9 Å². The third-order valence-corrected chi connectivity index (χ3v) is 9.27. The van der Waals surface area contributed by atoms with Gasteiger partial charge in [0.25, 0.3) is 15.9 Å². The zero-order valence-corrected chi connectivity index (χ0v) is 26.2. The van der Waals surface area contributed by atoms with E-state index in [-0.39, 0.29) is 10.5 Å². The number of nitrogens with one attached hydrogen (secondary N) is 1. The van der Waals surface area contributed by atoms with E-state index in [1.807, 2.05) is 42.5 Å². The van der Waals surface area contributed by atoms with Gasteiger partial charge in [-0.05, 0) is 90.9 Å². The first-order valence-corrected chi connectivity index (χ1v) is 16.6. The Balaban J connectivity index is 1.23. The largest absolute Gasteiger partial charge is 0.497 e. The monoisotopic (exact) mass is 634 g/mol. The van der Waals surface area contributed by atoms with E-state index in [1.54, 1.807) is 31.4 Å². The molecular formula is C36H34N4O5S. The van der Waals surface area contributed by atoms with Crippen LogP contribution in [0.4, 0.5) is 5.95 Å². The summed E-state index contributed by atoms with van der Waals surface area (Å²) in [6, 6.07) is 31.1. The van der Waals surface area contributed by atoms with Crippen molar-refractivity contribution in [3.8, 4) is 17.2 Å². The van der Waals surface area contributed by atoms with E-state index in [9.17, 15) is 13.2 Å². The third-order valence-electron chi connectivity index (χ3n) is 7.93. The molecule has 0 unspecified atom stereocenters. The van der Waals surface area contributed by atoms with Crippen molar-refractivity contribution in [1.82, 2.24) is 14.7 Å². The highest BCUT2D eigenvalue weighted by atomic mass is 32.2. The average Bonchev–Trinajstić information content (AvgIpc) is 3.31. The molecule has 1 aliphatic heterocycles. The molecule has 2 heterocycles. The number of carbonyl (C=O) groups is 1. The smallest absolute Gasteiger partial charge is 0.268 e. The maximum Gasteiger partial charge on any atom is 0.268 e. The fraction of sp³-hybridized carbons (Fsp3) is 0.194. The van der Waals surface area contributed by atoms with E-state index in [4.69, 9.17) is 14.5 Å². The number of benzene rings is 4. The summed E-state index contributed by atoms with van der Waals surface area (Å²) in [6.07, 6.45) is 4.10. The summed E-state index contributed by atoms with van der Waals surface area (Å²) in [4.78, 5) is 25.0. The number of methoxy groups -OCH3 is 1. The molecular weight excluding hydrogens is 600 g/mol. The molecule has 0 bridgehead atoms. The number of amides is 1. The normalized spacial score (nSPS) is 12.9. The van der Waals surface area contributed by atoms with Gasteiger partial charge in [0.2, 0.25) is 5.95 Å². The summed E-state index contributed by atoms with van der Waals surface area (Å²) in [6.45, 7) is 1.46. The number of aryl methyl sites for hydroxylation is 2. The quantitative estimate of drug-likeness (QED) is 0.206. The minimum Gasteiger partial charge on any atom is -0.497 e. The summed E-state index contributed by atoms with van der Waals surface area (Å²) >= 11 is 0. The van der Waals surface area contributed by atoms with Gasteiger partial charge in [0.15, 0.2) is 0 Å². The van der Waals surface area contributed by atoms with E-state index >= 15 is 0 Å². The Morgan fingerprint density at radius 3 is 2.15 bits per heavy atom. The fourth-order valence-electron chi connectivity index (χ4n) is 5.45. The molecule has 9 nitrogen and oxygen atoms in total. The van der Waals surface area contributed by atoms with Gasteiger partial charge in [-0.25, -0.2) is 23.1 Å². The lowest BCUT2D eigenvalue weighted by atomic mass is 10.0. The Kier molecular flexibility index (Phi) is 9.25. The number of rotatable bonds is 10. The summed E-state index contributed by atoms with van der Waals surface area (Å²) in [5.74, 6) is 1.55. The predicted molar refractivity (Wildman–Crippen MR) is 176 cm³/mol. The van der Waals surface area contributed by atoms with Crippen molar-refractivity contribution in [2.45, 2.75) is 30.6 Å². The third kappa shape index (κ3) is 7.35. The molecule has 1 amide bonds. The summed E-state index contributed by atoms with van der Waals surface area (Å²) < 4.78 is 39.9. The highest BCUT2D eigenvalue weighted by Gasteiger charge is 2.24. The molecule has 234 valence electrons. The summed E-state index contributed by atoms with van der Waals surface area (Å²) in [7, 11) is -2.58. The lowest BCUT2D eigenvalue weighted by Gasteiger charge is -2.21. The maximum atomic E-state index is 13.5. The molecule has 1 aromatic heterocycles. The van der Waals surface area contributed by atoms with Crippen molar-refractivity contribution in [2.75, 3.05) is 25.1 Å². The van der Waals surface area contributed by atoms with Gasteiger partial charge in [-0.15, -0.1) is 0 Å². The van der Waals surface area contributed by atoms with Gasteiger partial charge in [-0.3, -0.25) is 4.79 Å². The van der Waals surface area contributed by atoms with Crippen molar-refractivity contribution < 1.29 is 22.7 Å². The van der Waals surface area contributed by atoms with Crippen molar-refractivity contribution in [3.63, 3.8) is 0 Å². The molecule has 4 aromatic carbocycles. The van der Waals surface area contributed by atoms with E-state index in [0.29, 0.717) is 36.0 Å². The minimum absolute atomic E-state index is 0.0686. The average molecular weight is 635 g/mol. The number of carbonyl (C=O) groups excluding carboxylic acids is 1. The number of hydrogen-bond acceptors (Lipinski definition) is 8. The Morgan fingerprint density at radius 1 is 0.804 bits per heavy atom. The minimum atomic E-state index is -4.19. The number of ether oxygens (including phenoxy) is 2. The molecule has 10 heteroatoms. The number of para-hydroxylation sites is 1. The van der Waals surface area contributed by atoms with Crippen molar-refractivity contribution in [1.29, 1.82) is 0 Å². The molecule has 1 aliphatic rings. The molecule has 6 rings (SSSR count). The molecule has 0 spiro atoms. The maximum absolute atomic E-state index is 13.5. The number of nitrogens with zero attached hydrogens (tertiary/aromatic N) is 3. The Labute approximate surface area is 268 Å². The van der Waals surface area contributed by atoms with Gasteiger partial charge in [-0.2, -0.15) is 0 Å². The zero-order chi connectivity index (χ0) is 31.9. The van der Waals surface area contributed by atoms with Gasteiger partial charge in [0, 0.05) is 19.3 Å². The molecule has 1 N–H and O–H groups in total. The van der Waals surface area contributed by atoms with Crippen LogP contribution in [-0.2, 0) is 35.7 Å². The van der Waals surface area contributed by atoms with E-state index < -0.39 is 15.9 Å². The Bertz CT molecular complexity index is 1910. The van der Waals surface area contributed by atoms with Crippen LogP contribution in [0.3, 0.4) is 0 Å². The number of fused-ring (bicyclic) bond motifs is 1. The van der Waals surface area contributed by atoms with Crippen LogP contribution in [0.1, 0.15) is 32.7 Å². The van der Waals surface area contributed by atoms with E-state index in [2.05, 4.69) is 38.9 Å². The SMILES string of the molecule is COc1cccc(CCc2nc(N3CCc4ccccc4CC3)ncc2C(=O)NS(=O)(=O)c2ccc(Oc3ccccc3)cc2)c1. The lowest BCUT2D eigenvalue weighted by molar-refractivity contribution is 0.0979. The molecule has 0 atom stereocenters. The van der Waals surface area contributed by atoms with E-state index in [1.165, 1.54) is 29.5 Å².